The summed E-state index contributed by atoms with van der Waals surface area (Å²) in [5, 5.41) is 4.51. The van der Waals surface area contributed by atoms with Crippen LogP contribution in [0.4, 0.5) is 5.82 Å². The number of hydrogen-bond donors (Lipinski definition) is 0. The van der Waals surface area contributed by atoms with Gasteiger partial charge in [0.2, 0.25) is 5.91 Å². The number of nitrogens with zero attached hydrogens (tertiary/aromatic N) is 6. The van der Waals surface area contributed by atoms with Crippen molar-refractivity contribution < 1.29 is 4.79 Å². The van der Waals surface area contributed by atoms with Gasteiger partial charge < -0.3 is 9.80 Å². The predicted octanol–water partition coefficient (Wildman–Crippen LogP) is 2.51. The molecular formula is C20H28N6O. The summed E-state index contributed by atoms with van der Waals surface area (Å²) < 4.78 is 1.85. The van der Waals surface area contributed by atoms with Gasteiger partial charge in [0.15, 0.2) is 5.82 Å². The van der Waals surface area contributed by atoms with Crippen molar-refractivity contribution in [3.8, 4) is 5.82 Å². The van der Waals surface area contributed by atoms with Gasteiger partial charge in [0.25, 0.3) is 0 Å². The standard InChI is InChI=1S/C20H28N6O/c1-15-12-16(2)26(23-15)19-13-18(21-14-22-19)24-8-10-25(11-9-24)20(27)17-6-4-3-5-7-17/h12-14,17H,3-11H2,1-2H3. The number of hydrogen-bond acceptors (Lipinski definition) is 5. The summed E-state index contributed by atoms with van der Waals surface area (Å²) >= 11 is 0. The van der Waals surface area contributed by atoms with Crippen LogP contribution < -0.4 is 4.90 Å². The van der Waals surface area contributed by atoms with Gasteiger partial charge in [0.1, 0.15) is 12.1 Å². The van der Waals surface area contributed by atoms with Crippen LogP contribution in [0.5, 0.6) is 0 Å². The molecule has 1 amide bonds. The van der Waals surface area contributed by atoms with Crippen molar-refractivity contribution in [2.75, 3.05) is 31.1 Å². The van der Waals surface area contributed by atoms with Gasteiger partial charge in [-0.05, 0) is 32.8 Å². The second-order valence-corrected chi connectivity index (χ2v) is 7.72. The fraction of sp³-hybridized carbons (Fsp3) is 0.600. The Balaban J connectivity index is 1.42. The van der Waals surface area contributed by atoms with Crippen LogP contribution in [0.15, 0.2) is 18.5 Å². The molecule has 0 N–H and O–H groups in total. The molecule has 27 heavy (non-hydrogen) atoms. The van der Waals surface area contributed by atoms with Crippen molar-refractivity contribution in [2.24, 2.45) is 5.92 Å². The summed E-state index contributed by atoms with van der Waals surface area (Å²) in [5.41, 5.74) is 2.03. The molecule has 3 heterocycles. The maximum Gasteiger partial charge on any atom is 0.225 e. The number of rotatable bonds is 3. The topological polar surface area (TPSA) is 67.2 Å². The van der Waals surface area contributed by atoms with Gasteiger partial charge in [-0.2, -0.15) is 5.10 Å². The summed E-state index contributed by atoms with van der Waals surface area (Å²) in [6, 6.07) is 4.02. The van der Waals surface area contributed by atoms with Crippen LogP contribution in [0.1, 0.15) is 43.5 Å². The van der Waals surface area contributed by atoms with E-state index in [2.05, 4.69) is 24.9 Å². The summed E-state index contributed by atoms with van der Waals surface area (Å²) in [6.07, 6.45) is 7.41. The highest BCUT2D eigenvalue weighted by molar-refractivity contribution is 5.79. The number of aromatic nitrogens is 4. The van der Waals surface area contributed by atoms with E-state index in [1.807, 2.05) is 30.7 Å². The molecule has 0 radical (unpaired) electrons. The summed E-state index contributed by atoms with van der Waals surface area (Å²) in [4.78, 5) is 25.9. The largest absolute Gasteiger partial charge is 0.353 e. The zero-order chi connectivity index (χ0) is 18.8. The molecule has 1 aliphatic heterocycles. The van der Waals surface area contributed by atoms with Crippen LogP contribution in [0.25, 0.3) is 5.82 Å². The number of carbonyl (C=O) groups excluding carboxylic acids is 1. The molecule has 7 heteroatoms. The van der Waals surface area contributed by atoms with Gasteiger partial charge in [0.05, 0.1) is 5.69 Å². The van der Waals surface area contributed by atoms with E-state index in [1.54, 1.807) is 6.33 Å². The molecule has 0 aromatic carbocycles. The van der Waals surface area contributed by atoms with E-state index in [0.29, 0.717) is 5.91 Å². The second-order valence-electron chi connectivity index (χ2n) is 7.72. The van der Waals surface area contributed by atoms with E-state index < -0.39 is 0 Å². The monoisotopic (exact) mass is 368 g/mol. The van der Waals surface area contributed by atoms with Crippen molar-refractivity contribution in [1.29, 1.82) is 0 Å². The molecular weight excluding hydrogens is 340 g/mol. The molecule has 0 atom stereocenters. The molecule has 2 aliphatic rings. The normalized spacial score (nSPS) is 18.7. The van der Waals surface area contributed by atoms with Crippen molar-refractivity contribution in [2.45, 2.75) is 46.0 Å². The zero-order valence-corrected chi connectivity index (χ0v) is 16.3. The molecule has 144 valence electrons. The quantitative estimate of drug-likeness (QED) is 0.833. The number of piperazine rings is 1. The van der Waals surface area contributed by atoms with Crippen LogP contribution in [0.3, 0.4) is 0 Å². The molecule has 1 saturated carbocycles. The molecule has 0 spiro atoms. The first kappa shape index (κ1) is 17.9. The minimum Gasteiger partial charge on any atom is -0.353 e. The molecule has 2 aromatic rings. The fourth-order valence-electron chi connectivity index (χ4n) is 4.25. The fourth-order valence-corrected chi connectivity index (χ4v) is 4.25. The molecule has 7 nitrogen and oxygen atoms in total. The van der Waals surface area contributed by atoms with Gasteiger partial charge in [0, 0.05) is 43.9 Å². The maximum absolute atomic E-state index is 12.7. The Hall–Kier alpha value is -2.44. The van der Waals surface area contributed by atoms with Gasteiger partial charge in [-0.25, -0.2) is 14.6 Å². The molecule has 2 fully saturated rings. The lowest BCUT2D eigenvalue weighted by Crippen LogP contribution is -2.50. The zero-order valence-electron chi connectivity index (χ0n) is 16.3. The summed E-state index contributed by atoms with van der Waals surface area (Å²) in [6.45, 7) is 7.17. The number of amides is 1. The molecule has 0 unspecified atom stereocenters. The smallest absolute Gasteiger partial charge is 0.225 e. The molecule has 0 bridgehead atoms. The van der Waals surface area contributed by atoms with Crippen molar-refractivity contribution in [1.82, 2.24) is 24.6 Å². The average molecular weight is 368 g/mol. The molecule has 2 aromatic heterocycles. The van der Waals surface area contributed by atoms with E-state index in [-0.39, 0.29) is 5.92 Å². The number of anilines is 1. The number of aryl methyl sites for hydroxylation is 2. The maximum atomic E-state index is 12.7. The van der Waals surface area contributed by atoms with Gasteiger partial charge in [-0.1, -0.05) is 19.3 Å². The minimum atomic E-state index is 0.252. The van der Waals surface area contributed by atoms with Gasteiger partial charge in [-0.15, -0.1) is 0 Å². The first-order valence-electron chi connectivity index (χ1n) is 10.0. The van der Waals surface area contributed by atoms with Crippen LogP contribution in [-0.2, 0) is 4.79 Å². The Bertz CT molecular complexity index is 803. The van der Waals surface area contributed by atoms with Crippen LogP contribution in [0, 0.1) is 19.8 Å². The SMILES string of the molecule is Cc1cc(C)n(-c2cc(N3CCN(C(=O)C4CCCCC4)CC3)ncn2)n1. The van der Waals surface area contributed by atoms with Crippen LogP contribution in [-0.4, -0.2) is 56.7 Å². The third kappa shape index (κ3) is 3.82. The number of carbonyl (C=O) groups is 1. The lowest BCUT2D eigenvalue weighted by atomic mass is 9.88. The van der Waals surface area contributed by atoms with Gasteiger partial charge >= 0.3 is 0 Å². The minimum absolute atomic E-state index is 0.252. The highest BCUT2D eigenvalue weighted by Gasteiger charge is 2.28. The van der Waals surface area contributed by atoms with E-state index in [9.17, 15) is 4.79 Å². The predicted molar refractivity (Wildman–Crippen MR) is 104 cm³/mol. The summed E-state index contributed by atoms with van der Waals surface area (Å²) in [5.74, 6) is 2.30. The lowest BCUT2D eigenvalue weighted by Gasteiger charge is -2.37. The Morgan fingerprint density at radius 2 is 1.67 bits per heavy atom. The third-order valence-electron chi connectivity index (χ3n) is 5.73. The van der Waals surface area contributed by atoms with Gasteiger partial charge in [-0.3, -0.25) is 4.79 Å². The third-order valence-corrected chi connectivity index (χ3v) is 5.73. The van der Waals surface area contributed by atoms with E-state index in [4.69, 9.17) is 0 Å². The van der Waals surface area contributed by atoms with Crippen LogP contribution in [0.2, 0.25) is 0 Å². The Kier molecular flexibility index (Phi) is 5.09. The Morgan fingerprint density at radius 1 is 0.963 bits per heavy atom. The Morgan fingerprint density at radius 3 is 2.33 bits per heavy atom. The highest BCUT2D eigenvalue weighted by Crippen LogP contribution is 2.26. The average Bonchev–Trinajstić information content (AvgIpc) is 3.06. The van der Waals surface area contributed by atoms with E-state index in [0.717, 1.165) is 62.0 Å². The van der Waals surface area contributed by atoms with Crippen molar-refractivity contribution in [3.63, 3.8) is 0 Å². The molecule has 1 aliphatic carbocycles. The van der Waals surface area contributed by atoms with Crippen molar-refractivity contribution in [3.05, 3.63) is 29.8 Å². The molecule has 1 saturated heterocycles. The van der Waals surface area contributed by atoms with Crippen molar-refractivity contribution >= 4 is 11.7 Å². The second kappa shape index (κ2) is 7.66. The van der Waals surface area contributed by atoms with E-state index in [1.165, 1.54) is 19.3 Å². The first-order valence-corrected chi connectivity index (χ1v) is 10.0. The van der Waals surface area contributed by atoms with Crippen LogP contribution >= 0.6 is 0 Å². The Labute approximate surface area is 160 Å². The first-order chi connectivity index (χ1) is 13.1. The lowest BCUT2D eigenvalue weighted by molar-refractivity contribution is -0.136. The summed E-state index contributed by atoms with van der Waals surface area (Å²) in [7, 11) is 0. The highest BCUT2D eigenvalue weighted by atomic mass is 16.2. The van der Waals surface area contributed by atoms with E-state index >= 15 is 0 Å². The molecule has 4 rings (SSSR count).